The van der Waals surface area contributed by atoms with E-state index in [1.807, 2.05) is 18.2 Å². The largest absolute Gasteiger partial charge is 0.378 e. The summed E-state index contributed by atoms with van der Waals surface area (Å²) in [6.07, 6.45) is 0. The van der Waals surface area contributed by atoms with Crippen molar-refractivity contribution in [2.45, 2.75) is 0 Å². The summed E-state index contributed by atoms with van der Waals surface area (Å²) in [6.45, 7) is 3.50. The zero-order valence-corrected chi connectivity index (χ0v) is 15.0. The first-order valence-electron chi connectivity index (χ1n) is 8.71. The Morgan fingerprint density at radius 2 is 1.81 bits per heavy atom. The van der Waals surface area contributed by atoms with Crippen molar-refractivity contribution < 1.29 is 4.74 Å². The molecule has 0 saturated carbocycles. The molecule has 1 saturated heterocycles. The lowest BCUT2D eigenvalue weighted by atomic mass is 10.1. The number of benzene rings is 2. The molecule has 130 valence electrons. The summed E-state index contributed by atoms with van der Waals surface area (Å²) in [5.41, 5.74) is 5.32. The zero-order valence-electron chi connectivity index (χ0n) is 14.2. The number of aromatic amines is 1. The quantitative estimate of drug-likeness (QED) is 0.594. The highest BCUT2D eigenvalue weighted by molar-refractivity contribution is 7.13. The van der Waals surface area contributed by atoms with Gasteiger partial charge in [0, 0.05) is 35.1 Å². The van der Waals surface area contributed by atoms with Crippen molar-refractivity contribution >= 4 is 27.9 Å². The predicted molar refractivity (Wildman–Crippen MR) is 106 cm³/mol. The van der Waals surface area contributed by atoms with E-state index in [4.69, 9.17) is 9.72 Å². The van der Waals surface area contributed by atoms with Crippen LogP contribution in [-0.2, 0) is 4.74 Å². The number of ether oxygens (including phenoxy) is 1. The number of anilines is 1. The van der Waals surface area contributed by atoms with Gasteiger partial charge in [-0.3, -0.25) is 5.10 Å². The molecule has 0 spiro atoms. The minimum absolute atomic E-state index is 0.800. The molecule has 26 heavy (non-hydrogen) atoms. The molecule has 6 heteroatoms. The van der Waals surface area contributed by atoms with Crippen molar-refractivity contribution in [3.63, 3.8) is 0 Å². The van der Waals surface area contributed by atoms with Crippen LogP contribution in [0.1, 0.15) is 0 Å². The summed E-state index contributed by atoms with van der Waals surface area (Å²) in [5.74, 6) is 0. The second kappa shape index (κ2) is 6.55. The standard InChI is InChI=1S/C20H18N4OS/c1-2-4-17-16(3-1)19(23-22-17)20-21-18(13-26-20)14-5-7-15(8-6-14)24-9-11-25-12-10-24/h1-8,13H,9-12H2,(H,22,23). The topological polar surface area (TPSA) is 54.0 Å². The van der Waals surface area contributed by atoms with E-state index in [2.05, 4.69) is 50.8 Å². The summed E-state index contributed by atoms with van der Waals surface area (Å²) in [7, 11) is 0. The summed E-state index contributed by atoms with van der Waals surface area (Å²) in [5, 5.41) is 11.7. The zero-order chi connectivity index (χ0) is 17.3. The van der Waals surface area contributed by atoms with Crippen LogP contribution in [0.5, 0.6) is 0 Å². The molecular weight excluding hydrogens is 344 g/mol. The van der Waals surface area contributed by atoms with Crippen molar-refractivity contribution in [1.29, 1.82) is 0 Å². The molecular formula is C20H18N4OS. The van der Waals surface area contributed by atoms with Gasteiger partial charge in [-0.15, -0.1) is 11.3 Å². The van der Waals surface area contributed by atoms with Crippen molar-refractivity contribution in [2.24, 2.45) is 0 Å². The molecule has 5 nitrogen and oxygen atoms in total. The van der Waals surface area contributed by atoms with Crippen LogP contribution in [0.25, 0.3) is 32.9 Å². The lowest BCUT2D eigenvalue weighted by Gasteiger charge is -2.28. The maximum atomic E-state index is 5.42. The third-order valence-electron chi connectivity index (χ3n) is 4.72. The molecule has 1 aliphatic heterocycles. The van der Waals surface area contributed by atoms with E-state index in [0.717, 1.165) is 59.2 Å². The highest BCUT2D eigenvalue weighted by Gasteiger charge is 2.14. The van der Waals surface area contributed by atoms with Crippen LogP contribution in [0.3, 0.4) is 0 Å². The molecule has 0 atom stereocenters. The molecule has 1 fully saturated rings. The predicted octanol–water partition coefficient (Wildman–Crippen LogP) is 4.19. The van der Waals surface area contributed by atoms with Gasteiger partial charge in [-0.05, 0) is 18.2 Å². The third-order valence-corrected chi connectivity index (χ3v) is 5.57. The highest BCUT2D eigenvalue weighted by atomic mass is 32.1. The number of hydrogen-bond donors (Lipinski definition) is 1. The number of nitrogens with one attached hydrogen (secondary N) is 1. The maximum absolute atomic E-state index is 5.42. The second-order valence-corrected chi connectivity index (χ2v) is 7.16. The first-order chi connectivity index (χ1) is 12.9. The fourth-order valence-corrected chi connectivity index (χ4v) is 4.14. The Labute approximate surface area is 155 Å². The second-order valence-electron chi connectivity index (χ2n) is 6.30. The summed E-state index contributed by atoms with van der Waals surface area (Å²) in [4.78, 5) is 7.17. The first-order valence-corrected chi connectivity index (χ1v) is 9.58. The number of rotatable bonds is 3. The van der Waals surface area contributed by atoms with Gasteiger partial charge in [0.05, 0.1) is 24.4 Å². The summed E-state index contributed by atoms with van der Waals surface area (Å²) in [6, 6.07) is 16.8. The minimum Gasteiger partial charge on any atom is -0.378 e. The van der Waals surface area contributed by atoms with E-state index in [-0.39, 0.29) is 0 Å². The number of thiazole rings is 1. The van der Waals surface area contributed by atoms with Gasteiger partial charge in [-0.1, -0.05) is 30.3 Å². The number of nitrogens with zero attached hydrogens (tertiary/aromatic N) is 3. The van der Waals surface area contributed by atoms with E-state index in [1.54, 1.807) is 11.3 Å². The Kier molecular flexibility index (Phi) is 3.92. The van der Waals surface area contributed by atoms with Crippen LogP contribution in [0.2, 0.25) is 0 Å². The van der Waals surface area contributed by atoms with Crippen molar-refractivity contribution in [2.75, 3.05) is 31.2 Å². The van der Waals surface area contributed by atoms with E-state index in [1.165, 1.54) is 5.69 Å². The van der Waals surface area contributed by atoms with Crippen molar-refractivity contribution in [3.8, 4) is 22.0 Å². The van der Waals surface area contributed by atoms with E-state index in [9.17, 15) is 0 Å². The van der Waals surface area contributed by atoms with Crippen LogP contribution < -0.4 is 4.90 Å². The van der Waals surface area contributed by atoms with Gasteiger partial charge in [0.15, 0.2) is 0 Å². The maximum Gasteiger partial charge on any atom is 0.145 e. The van der Waals surface area contributed by atoms with Crippen LogP contribution in [0, 0.1) is 0 Å². The first kappa shape index (κ1) is 15.5. The average molecular weight is 362 g/mol. The Balaban J connectivity index is 1.43. The van der Waals surface area contributed by atoms with Crippen LogP contribution >= 0.6 is 11.3 Å². The number of morpholine rings is 1. The molecule has 0 radical (unpaired) electrons. The average Bonchev–Trinajstić information content (AvgIpc) is 3.36. The van der Waals surface area contributed by atoms with Gasteiger partial charge in [-0.25, -0.2) is 4.98 Å². The Morgan fingerprint density at radius 1 is 1.00 bits per heavy atom. The lowest BCUT2D eigenvalue weighted by molar-refractivity contribution is 0.122. The lowest BCUT2D eigenvalue weighted by Crippen LogP contribution is -2.36. The van der Waals surface area contributed by atoms with Crippen molar-refractivity contribution in [3.05, 3.63) is 53.9 Å². The van der Waals surface area contributed by atoms with Gasteiger partial charge < -0.3 is 9.64 Å². The Hall–Kier alpha value is -2.70. The van der Waals surface area contributed by atoms with Gasteiger partial charge in [0.2, 0.25) is 0 Å². The normalized spacial score (nSPS) is 14.8. The number of hydrogen-bond acceptors (Lipinski definition) is 5. The van der Waals surface area contributed by atoms with Crippen LogP contribution in [0.4, 0.5) is 5.69 Å². The molecule has 0 amide bonds. The van der Waals surface area contributed by atoms with Crippen LogP contribution in [-0.4, -0.2) is 41.5 Å². The Bertz CT molecular complexity index is 1030. The summed E-state index contributed by atoms with van der Waals surface area (Å²) < 4.78 is 5.42. The molecule has 0 aliphatic carbocycles. The van der Waals surface area contributed by atoms with Crippen molar-refractivity contribution in [1.82, 2.24) is 15.2 Å². The molecule has 1 aliphatic rings. The van der Waals surface area contributed by atoms with E-state index < -0.39 is 0 Å². The molecule has 5 rings (SSSR count). The fourth-order valence-electron chi connectivity index (χ4n) is 3.31. The monoisotopic (exact) mass is 362 g/mol. The smallest absolute Gasteiger partial charge is 0.145 e. The molecule has 3 heterocycles. The molecule has 2 aromatic carbocycles. The minimum atomic E-state index is 0.800. The fraction of sp³-hybridized carbons (Fsp3) is 0.200. The van der Waals surface area contributed by atoms with E-state index >= 15 is 0 Å². The molecule has 1 N–H and O–H groups in total. The number of aromatic nitrogens is 3. The number of para-hydroxylation sites is 1. The SMILES string of the molecule is c1ccc2c(-c3nc(-c4ccc(N5CCOCC5)cc4)cs3)n[nH]c2c1. The molecule has 0 bridgehead atoms. The number of H-pyrrole nitrogens is 1. The van der Waals surface area contributed by atoms with Gasteiger partial charge >= 0.3 is 0 Å². The van der Waals surface area contributed by atoms with Crippen LogP contribution in [0.15, 0.2) is 53.9 Å². The van der Waals surface area contributed by atoms with Gasteiger partial charge in [0.25, 0.3) is 0 Å². The highest BCUT2D eigenvalue weighted by Crippen LogP contribution is 2.32. The molecule has 4 aromatic rings. The third kappa shape index (κ3) is 2.77. The number of fused-ring (bicyclic) bond motifs is 1. The Morgan fingerprint density at radius 3 is 2.65 bits per heavy atom. The van der Waals surface area contributed by atoms with E-state index in [0.29, 0.717) is 0 Å². The van der Waals surface area contributed by atoms with Gasteiger partial charge in [0.1, 0.15) is 10.7 Å². The molecule has 0 unspecified atom stereocenters. The molecule has 2 aromatic heterocycles. The van der Waals surface area contributed by atoms with Gasteiger partial charge in [-0.2, -0.15) is 5.10 Å². The summed E-state index contributed by atoms with van der Waals surface area (Å²) >= 11 is 1.63.